The maximum Gasteiger partial charge on any atom is 0.319 e. The Bertz CT molecular complexity index is 572. The van der Waals surface area contributed by atoms with Crippen molar-refractivity contribution < 1.29 is 13.6 Å². The van der Waals surface area contributed by atoms with Gasteiger partial charge in [-0.1, -0.05) is 0 Å². The zero-order valence-corrected chi connectivity index (χ0v) is 10.6. The van der Waals surface area contributed by atoms with E-state index in [1.54, 1.807) is 12.4 Å². The van der Waals surface area contributed by atoms with Crippen molar-refractivity contribution in [1.82, 2.24) is 15.3 Å². The highest BCUT2D eigenvalue weighted by Crippen LogP contribution is 2.14. The Hall–Kier alpha value is -2.44. The molecule has 0 aliphatic carbocycles. The number of aromatic nitrogens is 2. The van der Waals surface area contributed by atoms with Crippen LogP contribution in [0.1, 0.15) is 12.2 Å². The maximum atomic E-state index is 13.3. The summed E-state index contributed by atoms with van der Waals surface area (Å²) in [7, 11) is 0. The van der Waals surface area contributed by atoms with Crippen LogP contribution < -0.4 is 10.6 Å². The van der Waals surface area contributed by atoms with Crippen LogP contribution in [0.25, 0.3) is 0 Å². The highest BCUT2D eigenvalue weighted by molar-refractivity contribution is 5.89. The van der Waals surface area contributed by atoms with E-state index in [0.717, 1.165) is 11.9 Å². The van der Waals surface area contributed by atoms with E-state index >= 15 is 0 Å². The normalized spacial score (nSPS) is 10.3. The average molecular weight is 280 g/mol. The number of nitrogens with zero attached hydrogens (tertiary/aromatic N) is 1. The first-order valence-corrected chi connectivity index (χ1v) is 6.13. The zero-order chi connectivity index (χ0) is 14.4. The number of nitrogens with one attached hydrogen (secondary N) is 3. The molecule has 2 amide bonds. The van der Waals surface area contributed by atoms with E-state index in [-0.39, 0.29) is 5.69 Å². The number of hydrogen-bond acceptors (Lipinski definition) is 2. The van der Waals surface area contributed by atoms with Crippen molar-refractivity contribution in [3.8, 4) is 0 Å². The number of H-pyrrole nitrogens is 1. The minimum atomic E-state index is -0.810. The Balaban J connectivity index is 1.72. The number of benzene rings is 1. The van der Waals surface area contributed by atoms with E-state index in [9.17, 15) is 13.6 Å². The number of urea groups is 1. The van der Waals surface area contributed by atoms with Gasteiger partial charge < -0.3 is 15.6 Å². The third-order valence-electron chi connectivity index (χ3n) is 2.61. The highest BCUT2D eigenvalue weighted by Gasteiger charge is 2.07. The second kappa shape index (κ2) is 6.65. The highest BCUT2D eigenvalue weighted by atomic mass is 19.1. The van der Waals surface area contributed by atoms with Crippen LogP contribution in [0.4, 0.5) is 19.3 Å². The van der Waals surface area contributed by atoms with Gasteiger partial charge in [0.1, 0.15) is 17.5 Å². The van der Waals surface area contributed by atoms with Crippen molar-refractivity contribution in [2.75, 3.05) is 11.9 Å². The summed E-state index contributed by atoms with van der Waals surface area (Å²) in [6.07, 6.45) is 4.80. The summed E-state index contributed by atoms with van der Waals surface area (Å²) in [5.74, 6) is -0.653. The third kappa shape index (κ3) is 4.04. The van der Waals surface area contributed by atoms with Crippen LogP contribution in [-0.4, -0.2) is 22.5 Å². The van der Waals surface area contributed by atoms with E-state index in [4.69, 9.17) is 0 Å². The summed E-state index contributed by atoms with van der Waals surface area (Å²) in [5, 5.41) is 4.90. The second-order valence-electron chi connectivity index (χ2n) is 4.14. The van der Waals surface area contributed by atoms with Gasteiger partial charge in [0.15, 0.2) is 0 Å². The van der Waals surface area contributed by atoms with Crippen LogP contribution >= 0.6 is 0 Å². The molecule has 1 heterocycles. The van der Waals surface area contributed by atoms with E-state index < -0.39 is 17.7 Å². The molecule has 0 unspecified atom stereocenters. The molecule has 0 saturated heterocycles. The standard InChI is InChI=1S/C13H14F2N4O/c14-9-3-4-11(10(15)8-9)19-13(20)18-5-1-2-12-16-6-7-17-12/h3-4,6-8H,1-2,5H2,(H,16,17)(H2,18,19,20). The van der Waals surface area contributed by atoms with Crippen molar-refractivity contribution in [3.63, 3.8) is 0 Å². The van der Waals surface area contributed by atoms with E-state index in [1.165, 1.54) is 6.07 Å². The fourth-order valence-corrected chi connectivity index (χ4v) is 1.65. The zero-order valence-electron chi connectivity index (χ0n) is 10.6. The first kappa shape index (κ1) is 14.0. The van der Waals surface area contributed by atoms with Gasteiger partial charge in [-0.25, -0.2) is 18.6 Å². The van der Waals surface area contributed by atoms with Gasteiger partial charge >= 0.3 is 6.03 Å². The molecule has 7 heteroatoms. The summed E-state index contributed by atoms with van der Waals surface area (Å²) in [6.45, 7) is 0.426. The molecular formula is C13H14F2N4O. The topological polar surface area (TPSA) is 69.8 Å². The van der Waals surface area contributed by atoms with E-state index in [1.807, 2.05) is 0 Å². The lowest BCUT2D eigenvalue weighted by molar-refractivity contribution is 0.252. The van der Waals surface area contributed by atoms with E-state index in [2.05, 4.69) is 20.6 Å². The molecule has 0 aliphatic rings. The van der Waals surface area contributed by atoms with Crippen LogP contribution in [0.15, 0.2) is 30.6 Å². The van der Waals surface area contributed by atoms with Crippen LogP contribution in [0.3, 0.4) is 0 Å². The van der Waals surface area contributed by atoms with Gasteiger partial charge in [-0.3, -0.25) is 0 Å². The quantitative estimate of drug-likeness (QED) is 0.736. The molecule has 3 N–H and O–H groups in total. The van der Waals surface area contributed by atoms with Gasteiger partial charge in [-0.2, -0.15) is 0 Å². The van der Waals surface area contributed by atoms with E-state index in [0.29, 0.717) is 25.5 Å². The monoisotopic (exact) mass is 280 g/mol. The molecule has 2 aromatic rings. The molecule has 2 rings (SSSR count). The minimum Gasteiger partial charge on any atom is -0.349 e. The van der Waals surface area contributed by atoms with Gasteiger partial charge in [-0.15, -0.1) is 0 Å². The molecule has 0 atom stereocenters. The Morgan fingerprint density at radius 3 is 2.90 bits per heavy atom. The smallest absolute Gasteiger partial charge is 0.319 e. The molecule has 0 aliphatic heterocycles. The molecular weight excluding hydrogens is 266 g/mol. The van der Waals surface area contributed by atoms with Crippen LogP contribution in [0.2, 0.25) is 0 Å². The lowest BCUT2D eigenvalue weighted by Crippen LogP contribution is -2.30. The fourth-order valence-electron chi connectivity index (χ4n) is 1.65. The van der Waals surface area contributed by atoms with Crippen LogP contribution in [0.5, 0.6) is 0 Å². The van der Waals surface area contributed by atoms with Crippen molar-refractivity contribution in [2.24, 2.45) is 0 Å². The number of amides is 2. The summed E-state index contributed by atoms with van der Waals surface area (Å²) in [5.41, 5.74) is -0.0602. The largest absolute Gasteiger partial charge is 0.349 e. The molecule has 0 spiro atoms. The first-order valence-electron chi connectivity index (χ1n) is 6.13. The van der Waals surface area contributed by atoms with Gasteiger partial charge in [0.25, 0.3) is 0 Å². The summed E-state index contributed by atoms with van der Waals surface area (Å²) < 4.78 is 26.0. The van der Waals surface area contributed by atoms with Crippen molar-refractivity contribution >= 4 is 11.7 Å². The van der Waals surface area contributed by atoms with Crippen molar-refractivity contribution in [1.29, 1.82) is 0 Å². The minimum absolute atomic E-state index is 0.0602. The number of imidazole rings is 1. The fraction of sp³-hybridized carbons (Fsp3) is 0.231. The number of anilines is 1. The molecule has 0 saturated carbocycles. The number of aryl methyl sites for hydroxylation is 1. The van der Waals surface area contributed by atoms with Crippen LogP contribution in [-0.2, 0) is 6.42 Å². The maximum absolute atomic E-state index is 13.3. The Labute approximate surface area is 114 Å². The number of aromatic amines is 1. The van der Waals surface area contributed by atoms with Gasteiger partial charge in [0.2, 0.25) is 0 Å². The lowest BCUT2D eigenvalue weighted by Gasteiger charge is -2.08. The number of carbonyl (C=O) groups excluding carboxylic acids is 1. The molecule has 20 heavy (non-hydrogen) atoms. The molecule has 106 valence electrons. The predicted molar refractivity (Wildman–Crippen MR) is 70.3 cm³/mol. The number of rotatable bonds is 5. The van der Waals surface area contributed by atoms with Gasteiger partial charge in [-0.05, 0) is 18.6 Å². The lowest BCUT2D eigenvalue weighted by atomic mass is 10.3. The predicted octanol–water partition coefficient (Wildman–Crippen LogP) is 2.44. The number of carbonyl (C=O) groups is 1. The first-order chi connectivity index (χ1) is 9.65. The molecule has 5 nitrogen and oxygen atoms in total. The number of hydrogen-bond donors (Lipinski definition) is 3. The van der Waals surface area contributed by atoms with Crippen molar-refractivity contribution in [3.05, 3.63) is 48.1 Å². The van der Waals surface area contributed by atoms with Gasteiger partial charge in [0, 0.05) is 31.4 Å². The summed E-state index contributed by atoms with van der Waals surface area (Å²) in [6, 6.07) is 2.44. The molecule has 1 aromatic heterocycles. The molecule has 0 bridgehead atoms. The SMILES string of the molecule is O=C(NCCCc1ncc[nH]1)Nc1ccc(F)cc1F. The average Bonchev–Trinajstić information content (AvgIpc) is 2.91. The summed E-state index contributed by atoms with van der Waals surface area (Å²) >= 11 is 0. The molecule has 0 fully saturated rings. The summed E-state index contributed by atoms with van der Waals surface area (Å²) in [4.78, 5) is 18.5. The molecule has 1 aromatic carbocycles. The Morgan fingerprint density at radius 2 is 2.20 bits per heavy atom. The van der Waals surface area contributed by atoms with Gasteiger partial charge in [0.05, 0.1) is 5.69 Å². The molecule has 0 radical (unpaired) electrons. The Morgan fingerprint density at radius 1 is 1.35 bits per heavy atom. The number of halogens is 2. The van der Waals surface area contributed by atoms with Crippen molar-refractivity contribution in [2.45, 2.75) is 12.8 Å². The van der Waals surface area contributed by atoms with Crippen LogP contribution in [0, 0.1) is 11.6 Å². The second-order valence-corrected chi connectivity index (χ2v) is 4.14. The third-order valence-corrected chi connectivity index (χ3v) is 2.61. The Kier molecular flexibility index (Phi) is 4.65.